The molecule has 0 aromatic heterocycles. The normalized spacial score (nSPS) is 13.2. The van der Waals surface area contributed by atoms with Crippen molar-refractivity contribution < 1.29 is 9.90 Å². The molecule has 0 aromatic carbocycles. The van der Waals surface area contributed by atoms with Gasteiger partial charge in [-0.05, 0) is 26.3 Å². The molecule has 0 rings (SSSR count). The number of hydrogen-bond acceptors (Lipinski definition) is 3. The fourth-order valence-corrected chi connectivity index (χ4v) is 1.73. The minimum absolute atomic E-state index is 0.0593. The second-order valence-corrected chi connectivity index (χ2v) is 4.05. The van der Waals surface area contributed by atoms with E-state index in [-0.39, 0.29) is 24.6 Å². The zero-order valence-corrected chi connectivity index (χ0v) is 11.0. The van der Waals surface area contributed by atoms with E-state index in [9.17, 15) is 4.79 Å². The summed E-state index contributed by atoms with van der Waals surface area (Å²) in [6.45, 7) is 9.45. The van der Waals surface area contributed by atoms with Crippen LogP contribution in [0.3, 0.4) is 0 Å². The third-order valence-electron chi connectivity index (χ3n) is 3.05. The van der Waals surface area contributed by atoms with Gasteiger partial charge in [0.1, 0.15) is 0 Å². The lowest BCUT2D eigenvalue weighted by Gasteiger charge is -2.27. The summed E-state index contributed by atoms with van der Waals surface area (Å²) in [6, 6.07) is 0.0977. The Labute approximate surface area is 99.0 Å². The summed E-state index contributed by atoms with van der Waals surface area (Å²) in [7, 11) is 0. The van der Waals surface area contributed by atoms with Crippen LogP contribution in [0, 0.1) is 0 Å². The van der Waals surface area contributed by atoms with Gasteiger partial charge < -0.3 is 10.4 Å². The quantitative estimate of drug-likeness (QED) is 0.654. The first-order valence-electron chi connectivity index (χ1n) is 6.25. The van der Waals surface area contributed by atoms with E-state index in [0.717, 1.165) is 19.4 Å². The maximum atomic E-state index is 11.9. The molecule has 0 aliphatic carbocycles. The van der Waals surface area contributed by atoms with Crippen LogP contribution in [-0.4, -0.2) is 47.7 Å². The third-order valence-corrected chi connectivity index (χ3v) is 3.05. The topological polar surface area (TPSA) is 52.6 Å². The maximum absolute atomic E-state index is 11.9. The van der Waals surface area contributed by atoms with E-state index in [1.807, 2.05) is 18.7 Å². The van der Waals surface area contributed by atoms with Crippen molar-refractivity contribution in [3.8, 4) is 0 Å². The summed E-state index contributed by atoms with van der Waals surface area (Å²) < 4.78 is 0. The Morgan fingerprint density at radius 3 is 2.25 bits per heavy atom. The fraction of sp³-hybridized carbons (Fsp3) is 0.917. The number of carbonyl (C=O) groups is 1. The summed E-state index contributed by atoms with van der Waals surface area (Å²) in [5.74, 6) is 0.0593. The molecule has 1 atom stereocenters. The fourth-order valence-electron chi connectivity index (χ4n) is 1.73. The summed E-state index contributed by atoms with van der Waals surface area (Å²) in [4.78, 5) is 13.9. The molecule has 0 aromatic rings. The van der Waals surface area contributed by atoms with Crippen LogP contribution in [0.15, 0.2) is 0 Å². The number of nitrogens with zero attached hydrogens (tertiary/aromatic N) is 1. The monoisotopic (exact) mass is 230 g/mol. The zero-order valence-electron chi connectivity index (χ0n) is 11.0. The lowest BCUT2D eigenvalue weighted by atomic mass is 10.1. The molecule has 1 amide bonds. The van der Waals surface area contributed by atoms with Crippen LogP contribution in [0.25, 0.3) is 0 Å². The average molecular weight is 230 g/mol. The number of rotatable bonds is 8. The molecule has 0 heterocycles. The Hall–Kier alpha value is -0.610. The minimum Gasteiger partial charge on any atom is -0.395 e. The molecular formula is C12H26N2O2. The third kappa shape index (κ3) is 4.94. The van der Waals surface area contributed by atoms with E-state index >= 15 is 0 Å². The first kappa shape index (κ1) is 15.4. The number of nitrogens with one attached hydrogen (secondary N) is 1. The van der Waals surface area contributed by atoms with E-state index in [2.05, 4.69) is 19.2 Å². The Kier molecular flexibility index (Phi) is 8.21. The van der Waals surface area contributed by atoms with Gasteiger partial charge in [-0.15, -0.1) is 0 Å². The smallest absolute Gasteiger partial charge is 0.237 e. The van der Waals surface area contributed by atoms with Crippen molar-refractivity contribution in [1.82, 2.24) is 10.2 Å². The lowest BCUT2D eigenvalue weighted by molar-refractivity contribution is -0.126. The SMILES string of the molecule is CCC(CC)NC(=O)C(C)N(CC)CCO. The molecule has 4 heteroatoms. The predicted molar refractivity (Wildman–Crippen MR) is 66.3 cm³/mol. The van der Waals surface area contributed by atoms with Gasteiger partial charge in [0.2, 0.25) is 5.91 Å². The Morgan fingerprint density at radius 1 is 1.31 bits per heavy atom. The maximum Gasteiger partial charge on any atom is 0.237 e. The summed E-state index contributed by atoms with van der Waals surface area (Å²) in [5, 5.41) is 11.9. The minimum atomic E-state index is -0.169. The van der Waals surface area contributed by atoms with Crippen molar-refractivity contribution in [2.24, 2.45) is 0 Å². The van der Waals surface area contributed by atoms with Gasteiger partial charge in [-0.3, -0.25) is 9.69 Å². The molecule has 0 spiro atoms. The summed E-state index contributed by atoms with van der Waals surface area (Å²) in [6.07, 6.45) is 1.92. The standard InChI is InChI=1S/C12H26N2O2/c1-5-11(6-2)13-12(16)10(4)14(7-3)8-9-15/h10-11,15H,5-9H2,1-4H3,(H,13,16). The van der Waals surface area contributed by atoms with Crippen molar-refractivity contribution in [3.63, 3.8) is 0 Å². The van der Waals surface area contributed by atoms with Crippen molar-refractivity contribution >= 4 is 5.91 Å². The molecule has 4 nitrogen and oxygen atoms in total. The highest BCUT2D eigenvalue weighted by Crippen LogP contribution is 2.02. The molecule has 0 aliphatic heterocycles. The Bertz CT molecular complexity index is 193. The van der Waals surface area contributed by atoms with Crippen LogP contribution >= 0.6 is 0 Å². The molecule has 0 saturated heterocycles. The van der Waals surface area contributed by atoms with Gasteiger partial charge >= 0.3 is 0 Å². The van der Waals surface area contributed by atoms with Crippen molar-refractivity contribution in [1.29, 1.82) is 0 Å². The molecule has 16 heavy (non-hydrogen) atoms. The molecule has 0 radical (unpaired) electrons. The number of aliphatic hydroxyl groups excluding tert-OH is 1. The highest BCUT2D eigenvalue weighted by Gasteiger charge is 2.20. The highest BCUT2D eigenvalue weighted by atomic mass is 16.3. The predicted octanol–water partition coefficient (Wildman–Crippen LogP) is 0.994. The molecule has 96 valence electrons. The summed E-state index contributed by atoms with van der Waals surface area (Å²) >= 11 is 0. The lowest BCUT2D eigenvalue weighted by Crippen LogP contribution is -2.48. The average Bonchev–Trinajstić information content (AvgIpc) is 2.31. The number of hydrogen-bond donors (Lipinski definition) is 2. The van der Waals surface area contributed by atoms with Gasteiger partial charge in [-0.1, -0.05) is 20.8 Å². The number of amides is 1. The van der Waals surface area contributed by atoms with Crippen LogP contribution in [0.5, 0.6) is 0 Å². The van der Waals surface area contributed by atoms with Gasteiger partial charge in [-0.25, -0.2) is 0 Å². The van der Waals surface area contributed by atoms with Crippen LogP contribution in [-0.2, 0) is 4.79 Å². The first-order valence-corrected chi connectivity index (χ1v) is 6.25. The largest absolute Gasteiger partial charge is 0.395 e. The van der Waals surface area contributed by atoms with E-state index in [1.54, 1.807) is 0 Å². The molecular weight excluding hydrogens is 204 g/mol. The van der Waals surface area contributed by atoms with Gasteiger partial charge in [0.25, 0.3) is 0 Å². The molecule has 1 unspecified atom stereocenters. The molecule has 0 bridgehead atoms. The van der Waals surface area contributed by atoms with Gasteiger partial charge in [0.05, 0.1) is 12.6 Å². The summed E-state index contributed by atoms with van der Waals surface area (Å²) in [5.41, 5.74) is 0. The van der Waals surface area contributed by atoms with Crippen molar-refractivity contribution in [2.45, 2.75) is 52.6 Å². The molecule has 2 N–H and O–H groups in total. The van der Waals surface area contributed by atoms with Crippen LogP contribution in [0.4, 0.5) is 0 Å². The molecule has 0 aliphatic rings. The van der Waals surface area contributed by atoms with E-state index in [4.69, 9.17) is 5.11 Å². The van der Waals surface area contributed by atoms with Crippen molar-refractivity contribution in [2.75, 3.05) is 19.7 Å². The van der Waals surface area contributed by atoms with E-state index < -0.39 is 0 Å². The molecule has 0 fully saturated rings. The van der Waals surface area contributed by atoms with E-state index in [0.29, 0.717) is 6.54 Å². The van der Waals surface area contributed by atoms with Gasteiger partial charge in [0.15, 0.2) is 0 Å². The second kappa shape index (κ2) is 8.53. The second-order valence-electron chi connectivity index (χ2n) is 4.05. The first-order chi connectivity index (χ1) is 7.60. The highest BCUT2D eigenvalue weighted by molar-refractivity contribution is 5.81. The van der Waals surface area contributed by atoms with Gasteiger partial charge in [0, 0.05) is 12.6 Å². The number of carbonyl (C=O) groups excluding carboxylic acids is 1. The van der Waals surface area contributed by atoms with Crippen molar-refractivity contribution in [3.05, 3.63) is 0 Å². The Morgan fingerprint density at radius 2 is 1.88 bits per heavy atom. The van der Waals surface area contributed by atoms with E-state index in [1.165, 1.54) is 0 Å². The van der Waals surface area contributed by atoms with Crippen LogP contribution < -0.4 is 5.32 Å². The zero-order chi connectivity index (χ0) is 12.6. The Balaban J connectivity index is 4.23. The number of likely N-dealkylation sites (N-methyl/N-ethyl adjacent to an activating group) is 1. The van der Waals surface area contributed by atoms with Gasteiger partial charge in [-0.2, -0.15) is 0 Å². The van der Waals surface area contributed by atoms with Crippen LogP contribution in [0.2, 0.25) is 0 Å². The number of aliphatic hydroxyl groups is 1. The molecule has 0 saturated carbocycles. The van der Waals surface area contributed by atoms with Crippen LogP contribution in [0.1, 0.15) is 40.5 Å².